The maximum absolute atomic E-state index is 6.04. The third kappa shape index (κ3) is 2.23. The van der Waals surface area contributed by atoms with Gasteiger partial charge >= 0.3 is 0 Å². The van der Waals surface area contributed by atoms with E-state index in [4.69, 9.17) is 23.2 Å². The summed E-state index contributed by atoms with van der Waals surface area (Å²) in [5.74, 6) is 0.919. The van der Waals surface area contributed by atoms with E-state index < -0.39 is 0 Å². The minimum absolute atomic E-state index is 0.322. The first-order valence-electron chi connectivity index (χ1n) is 7.06. The molecular formula is C15H23Cl2N. The molecule has 0 radical (unpaired) electrons. The van der Waals surface area contributed by atoms with Crippen LogP contribution in [0.5, 0.6) is 0 Å². The van der Waals surface area contributed by atoms with Crippen molar-refractivity contribution in [3.63, 3.8) is 0 Å². The first kappa shape index (κ1) is 13.3. The highest BCUT2D eigenvalue weighted by Crippen LogP contribution is 2.66. The van der Waals surface area contributed by atoms with Gasteiger partial charge in [0.2, 0.25) is 0 Å². The van der Waals surface area contributed by atoms with Gasteiger partial charge in [-0.15, -0.1) is 0 Å². The van der Waals surface area contributed by atoms with Gasteiger partial charge in [0.15, 0.2) is 0 Å². The Bertz CT molecular complexity index is 372. The number of nitrogens with one attached hydrogen (secondary N) is 1. The Balaban J connectivity index is 1.80. The smallest absolute Gasteiger partial charge is 0.0432 e. The number of hydrogen-bond donors (Lipinski definition) is 1. The summed E-state index contributed by atoms with van der Waals surface area (Å²) in [4.78, 5) is 0. The summed E-state index contributed by atoms with van der Waals surface area (Å²) >= 11 is 11.7. The highest BCUT2D eigenvalue weighted by atomic mass is 35.5. The van der Waals surface area contributed by atoms with E-state index >= 15 is 0 Å². The van der Waals surface area contributed by atoms with Crippen molar-refractivity contribution in [2.75, 3.05) is 6.54 Å². The van der Waals surface area contributed by atoms with Crippen molar-refractivity contribution < 1.29 is 0 Å². The van der Waals surface area contributed by atoms with E-state index in [2.05, 4.69) is 19.2 Å². The molecule has 4 bridgehead atoms. The number of rotatable bonds is 3. The van der Waals surface area contributed by atoms with Crippen LogP contribution >= 0.6 is 23.2 Å². The van der Waals surface area contributed by atoms with Gasteiger partial charge in [-0.05, 0) is 55.3 Å². The van der Waals surface area contributed by atoms with E-state index in [0.717, 1.165) is 17.5 Å². The average molecular weight is 288 g/mol. The molecule has 102 valence electrons. The third-order valence-corrected chi connectivity index (χ3v) is 5.99. The highest BCUT2D eigenvalue weighted by Gasteiger charge is 2.59. The summed E-state index contributed by atoms with van der Waals surface area (Å²) in [6, 6.07) is 0. The Morgan fingerprint density at radius 1 is 1.17 bits per heavy atom. The van der Waals surface area contributed by atoms with Gasteiger partial charge in [0, 0.05) is 22.7 Å². The van der Waals surface area contributed by atoms with Gasteiger partial charge in [-0.25, -0.2) is 0 Å². The summed E-state index contributed by atoms with van der Waals surface area (Å²) in [5, 5.41) is 4.47. The zero-order valence-corrected chi connectivity index (χ0v) is 12.9. The van der Waals surface area contributed by atoms with Crippen molar-refractivity contribution in [3.05, 3.63) is 10.6 Å². The standard InChI is InChI=1S/C15H23Cl2N/c1-13-3-11-4-14(2,8-13)10-15(5-11,9-13)18-7-12(17)6-16/h6,11,18H,3-5,7-10H2,1-2H3. The lowest BCUT2D eigenvalue weighted by atomic mass is 9.43. The third-order valence-electron chi connectivity index (χ3n) is 5.38. The predicted molar refractivity (Wildman–Crippen MR) is 77.9 cm³/mol. The van der Waals surface area contributed by atoms with Crippen LogP contribution in [0.3, 0.4) is 0 Å². The van der Waals surface area contributed by atoms with Crippen molar-refractivity contribution in [1.82, 2.24) is 5.32 Å². The molecule has 1 nitrogen and oxygen atoms in total. The first-order chi connectivity index (χ1) is 8.36. The fourth-order valence-corrected chi connectivity index (χ4v) is 6.10. The fourth-order valence-electron chi connectivity index (χ4n) is 5.96. The Kier molecular flexibility index (Phi) is 3.05. The lowest BCUT2D eigenvalue weighted by molar-refractivity contribution is -0.116. The van der Waals surface area contributed by atoms with E-state index in [0.29, 0.717) is 16.4 Å². The second-order valence-electron chi connectivity index (χ2n) is 7.82. The minimum atomic E-state index is 0.322. The number of halogens is 2. The van der Waals surface area contributed by atoms with E-state index in [9.17, 15) is 0 Å². The zero-order valence-electron chi connectivity index (χ0n) is 11.4. The molecule has 2 atom stereocenters. The van der Waals surface area contributed by atoms with Crippen LogP contribution in [-0.4, -0.2) is 12.1 Å². The molecule has 3 heteroatoms. The van der Waals surface area contributed by atoms with Gasteiger partial charge in [-0.2, -0.15) is 0 Å². The van der Waals surface area contributed by atoms with Crippen LogP contribution in [0.1, 0.15) is 52.4 Å². The van der Waals surface area contributed by atoms with Crippen molar-refractivity contribution in [2.45, 2.75) is 57.9 Å². The van der Waals surface area contributed by atoms with Gasteiger partial charge in [0.1, 0.15) is 0 Å². The molecule has 0 aromatic heterocycles. The van der Waals surface area contributed by atoms with Crippen molar-refractivity contribution in [2.24, 2.45) is 16.7 Å². The molecule has 0 heterocycles. The molecule has 4 saturated carbocycles. The quantitative estimate of drug-likeness (QED) is 0.797. The molecule has 2 unspecified atom stereocenters. The summed E-state index contributed by atoms with van der Waals surface area (Å²) in [6.07, 6.45) is 8.26. The predicted octanol–water partition coefficient (Wildman–Crippen LogP) is 4.64. The van der Waals surface area contributed by atoms with Gasteiger partial charge in [0.25, 0.3) is 0 Å². The Morgan fingerprint density at radius 3 is 2.28 bits per heavy atom. The summed E-state index contributed by atoms with van der Waals surface area (Å²) in [6.45, 7) is 5.71. The van der Waals surface area contributed by atoms with Gasteiger partial charge in [0.05, 0.1) is 0 Å². The van der Waals surface area contributed by atoms with Crippen LogP contribution in [0, 0.1) is 16.7 Å². The van der Waals surface area contributed by atoms with E-state index in [1.54, 1.807) is 0 Å². The summed E-state index contributed by atoms with van der Waals surface area (Å²) < 4.78 is 0. The lowest BCUT2D eigenvalue weighted by Crippen LogP contribution is -2.64. The number of hydrogen-bond acceptors (Lipinski definition) is 1. The molecule has 0 saturated heterocycles. The molecule has 4 rings (SSSR count). The zero-order chi connectivity index (χ0) is 13.0. The molecule has 1 N–H and O–H groups in total. The largest absolute Gasteiger partial charge is 0.306 e. The summed E-state index contributed by atoms with van der Waals surface area (Å²) in [7, 11) is 0. The Morgan fingerprint density at radius 2 is 1.78 bits per heavy atom. The topological polar surface area (TPSA) is 12.0 Å². The maximum Gasteiger partial charge on any atom is 0.0432 e. The van der Waals surface area contributed by atoms with Crippen molar-refractivity contribution in [1.29, 1.82) is 0 Å². The van der Waals surface area contributed by atoms with Crippen LogP contribution in [-0.2, 0) is 0 Å². The van der Waals surface area contributed by atoms with Crippen LogP contribution in [0.2, 0.25) is 0 Å². The Labute approximate surface area is 120 Å². The fraction of sp³-hybridized carbons (Fsp3) is 0.867. The summed E-state index contributed by atoms with van der Waals surface area (Å²) in [5.41, 5.74) is 2.91. The molecule has 4 aliphatic carbocycles. The molecular weight excluding hydrogens is 265 g/mol. The molecule has 4 fully saturated rings. The Hall–Kier alpha value is 0.280. The first-order valence-corrected chi connectivity index (χ1v) is 7.87. The van der Waals surface area contributed by atoms with Crippen LogP contribution in [0.15, 0.2) is 10.6 Å². The second-order valence-corrected chi connectivity index (χ2v) is 8.52. The van der Waals surface area contributed by atoms with Gasteiger partial charge < -0.3 is 5.32 Å². The van der Waals surface area contributed by atoms with Crippen LogP contribution in [0.4, 0.5) is 0 Å². The monoisotopic (exact) mass is 287 g/mol. The molecule has 18 heavy (non-hydrogen) atoms. The molecule has 0 spiro atoms. The van der Waals surface area contributed by atoms with E-state index in [1.165, 1.54) is 44.1 Å². The SMILES string of the molecule is CC12CC3CC(C)(C1)CC(NCC(Cl)=CCl)(C3)C2. The molecule has 0 aromatic carbocycles. The van der Waals surface area contributed by atoms with E-state index in [-0.39, 0.29) is 0 Å². The van der Waals surface area contributed by atoms with E-state index in [1.807, 2.05) is 0 Å². The highest BCUT2D eigenvalue weighted by molar-refractivity contribution is 6.36. The molecule has 0 aromatic rings. The van der Waals surface area contributed by atoms with Crippen molar-refractivity contribution >= 4 is 23.2 Å². The average Bonchev–Trinajstić information content (AvgIpc) is 2.21. The second kappa shape index (κ2) is 4.14. The minimum Gasteiger partial charge on any atom is -0.306 e. The van der Waals surface area contributed by atoms with Crippen molar-refractivity contribution in [3.8, 4) is 0 Å². The molecule has 4 aliphatic rings. The van der Waals surface area contributed by atoms with Gasteiger partial charge in [-0.1, -0.05) is 37.0 Å². The maximum atomic E-state index is 6.04. The normalized spacial score (nSPS) is 50.9. The molecule has 0 aliphatic heterocycles. The lowest BCUT2D eigenvalue weighted by Gasteiger charge is -2.65. The van der Waals surface area contributed by atoms with Crippen LogP contribution in [0.25, 0.3) is 0 Å². The molecule has 0 amide bonds. The van der Waals surface area contributed by atoms with Gasteiger partial charge in [-0.3, -0.25) is 0 Å². The van der Waals surface area contributed by atoms with Crippen LogP contribution < -0.4 is 5.32 Å².